The highest BCUT2D eigenvalue weighted by Gasteiger charge is 2.18. The lowest BCUT2D eigenvalue weighted by Gasteiger charge is -2.19. The monoisotopic (exact) mass is 296 g/mol. The molecule has 0 amide bonds. The number of rotatable bonds is 5. The van der Waals surface area contributed by atoms with Gasteiger partial charge in [-0.25, -0.2) is 0 Å². The standard InChI is InChI=1S/C17H25ClO2/c1-20-17-9-8-15(18)11-14(17)12-16(19)10-13-6-4-2-3-5-7-13/h8-9,11,13,16,19H,2-7,10,12H2,1H3. The molecular weight excluding hydrogens is 272 g/mol. The zero-order valence-electron chi connectivity index (χ0n) is 12.3. The Morgan fingerprint density at radius 1 is 1.25 bits per heavy atom. The topological polar surface area (TPSA) is 29.5 Å². The van der Waals surface area contributed by atoms with Gasteiger partial charge in [0.1, 0.15) is 5.75 Å². The van der Waals surface area contributed by atoms with Crippen LogP contribution in [0.25, 0.3) is 0 Å². The van der Waals surface area contributed by atoms with E-state index in [1.54, 1.807) is 7.11 Å². The summed E-state index contributed by atoms with van der Waals surface area (Å²) in [5.41, 5.74) is 1.00. The second-order valence-corrected chi connectivity index (χ2v) is 6.34. The predicted octanol–water partition coefficient (Wildman–Crippen LogP) is 4.61. The second-order valence-electron chi connectivity index (χ2n) is 5.91. The molecule has 1 aromatic carbocycles. The van der Waals surface area contributed by atoms with Crippen LogP contribution in [0, 0.1) is 5.92 Å². The molecule has 1 saturated carbocycles. The normalized spacial score (nSPS) is 18.6. The highest BCUT2D eigenvalue weighted by atomic mass is 35.5. The molecule has 1 unspecified atom stereocenters. The fourth-order valence-corrected chi connectivity index (χ4v) is 3.42. The van der Waals surface area contributed by atoms with Crippen molar-refractivity contribution in [2.75, 3.05) is 7.11 Å². The fraction of sp³-hybridized carbons (Fsp3) is 0.647. The summed E-state index contributed by atoms with van der Waals surface area (Å²) < 4.78 is 5.34. The van der Waals surface area contributed by atoms with Gasteiger partial charge in [0.05, 0.1) is 13.2 Å². The molecule has 1 aromatic rings. The maximum absolute atomic E-state index is 10.4. The number of hydrogen-bond acceptors (Lipinski definition) is 2. The van der Waals surface area contributed by atoms with Gasteiger partial charge in [0.25, 0.3) is 0 Å². The Hall–Kier alpha value is -0.730. The summed E-state index contributed by atoms with van der Waals surface area (Å²) in [7, 11) is 1.66. The summed E-state index contributed by atoms with van der Waals surface area (Å²) >= 11 is 6.03. The van der Waals surface area contributed by atoms with Crippen LogP contribution in [0.15, 0.2) is 18.2 Å². The lowest BCUT2D eigenvalue weighted by Crippen LogP contribution is -2.16. The first kappa shape index (κ1) is 15.7. The summed E-state index contributed by atoms with van der Waals surface area (Å²) in [5, 5.41) is 11.1. The highest BCUT2D eigenvalue weighted by Crippen LogP contribution is 2.29. The Labute approximate surface area is 127 Å². The van der Waals surface area contributed by atoms with E-state index in [0.717, 1.165) is 17.7 Å². The van der Waals surface area contributed by atoms with E-state index < -0.39 is 0 Å². The van der Waals surface area contributed by atoms with E-state index in [9.17, 15) is 5.11 Å². The molecule has 1 N–H and O–H groups in total. The molecule has 0 aromatic heterocycles. The molecule has 112 valence electrons. The van der Waals surface area contributed by atoms with Crippen LogP contribution in [0.2, 0.25) is 5.02 Å². The number of ether oxygens (including phenoxy) is 1. The van der Waals surface area contributed by atoms with E-state index in [-0.39, 0.29) is 6.10 Å². The molecule has 3 heteroatoms. The molecule has 0 saturated heterocycles. The smallest absolute Gasteiger partial charge is 0.122 e. The molecule has 2 nitrogen and oxygen atoms in total. The third-order valence-corrected chi connectivity index (χ3v) is 4.51. The Kier molecular flexibility index (Phi) is 6.18. The van der Waals surface area contributed by atoms with Gasteiger partial charge in [0, 0.05) is 11.4 Å². The molecule has 0 aliphatic heterocycles. The van der Waals surface area contributed by atoms with Gasteiger partial charge in [-0.2, -0.15) is 0 Å². The minimum absolute atomic E-state index is 0.300. The predicted molar refractivity (Wildman–Crippen MR) is 83.5 cm³/mol. The van der Waals surface area contributed by atoms with E-state index in [1.807, 2.05) is 18.2 Å². The third-order valence-electron chi connectivity index (χ3n) is 4.28. The average Bonchev–Trinajstić information content (AvgIpc) is 2.67. The van der Waals surface area contributed by atoms with E-state index in [0.29, 0.717) is 17.4 Å². The van der Waals surface area contributed by atoms with Crippen LogP contribution >= 0.6 is 11.6 Å². The zero-order valence-corrected chi connectivity index (χ0v) is 13.0. The van der Waals surface area contributed by atoms with Gasteiger partial charge < -0.3 is 9.84 Å². The zero-order chi connectivity index (χ0) is 14.4. The molecule has 1 fully saturated rings. The van der Waals surface area contributed by atoms with Crippen LogP contribution in [0.1, 0.15) is 50.5 Å². The number of halogens is 1. The first-order chi connectivity index (χ1) is 9.69. The molecule has 0 radical (unpaired) electrons. The fourth-order valence-electron chi connectivity index (χ4n) is 3.23. The first-order valence-electron chi connectivity index (χ1n) is 7.69. The number of hydrogen-bond donors (Lipinski definition) is 1. The van der Waals surface area contributed by atoms with Gasteiger partial charge in [-0.1, -0.05) is 50.1 Å². The summed E-state index contributed by atoms with van der Waals surface area (Å²) in [6, 6.07) is 5.59. The quantitative estimate of drug-likeness (QED) is 0.804. The Bertz CT molecular complexity index is 411. The Morgan fingerprint density at radius 2 is 1.95 bits per heavy atom. The Balaban J connectivity index is 1.93. The molecule has 1 atom stereocenters. The van der Waals surface area contributed by atoms with Crippen molar-refractivity contribution in [2.24, 2.45) is 5.92 Å². The van der Waals surface area contributed by atoms with E-state index in [1.165, 1.54) is 38.5 Å². The highest BCUT2D eigenvalue weighted by molar-refractivity contribution is 6.30. The minimum Gasteiger partial charge on any atom is -0.496 e. The molecule has 1 aliphatic carbocycles. The average molecular weight is 297 g/mol. The SMILES string of the molecule is COc1ccc(Cl)cc1CC(O)CC1CCCCCC1. The molecule has 0 spiro atoms. The van der Waals surface area contributed by atoms with Crippen molar-refractivity contribution in [2.45, 2.75) is 57.5 Å². The van der Waals surface area contributed by atoms with Crippen LogP contribution in [0.3, 0.4) is 0 Å². The van der Waals surface area contributed by atoms with Crippen molar-refractivity contribution >= 4 is 11.6 Å². The molecule has 1 aliphatic rings. The van der Waals surface area contributed by atoms with Crippen molar-refractivity contribution in [3.8, 4) is 5.75 Å². The number of aliphatic hydroxyl groups is 1. The van der Waals surface area contributed by atoms with Crippen molar-refractivity contribution in [3.63, 3.8) is 0 Å². The van der Waals surface area contributed by atoms with Crippen molar-refractivity contribution < 1.29 is 9.84 Å². The van der Waals surface area contributed by atoms with Crippen LogP contribution in [0.4, 0.5) is 0 Å². The van der Waals surface area contributed by atoms with E-state index in [4.69, 9.17) is 16.3 Å². The van der Waals surface area contributed by atoms with Gasteiger partial charge in [0.2, 0.25) is 0 Å². The van der Waals surface area contributed by atoms with Crippen LogP contribution in [0.5, 0.6) is 5.75 Å². The van der Waals surface area contributed by atoms with Gasteiger partial charge in [0.15, 0.2) is 0 Å². The van der Waals surface area contributed by atoms with Gasteiger partial charge in [-0.05, 0) is 36.1 Å². The largest absolute Gasteiger partial charge is 0.496 e. The van der Waals surface area contributed by atoms with Crippen molar-refractivity contribution in [3.05, 3.63) is 28.8 Å². The maximum Gasteiger partial charge on any atom is 0.122 e. The van der Waals surface area contributed by atoms with Crippen LogP contribution < -0.4 is 4.74 Å². The van der Waals surface area contributed by atoms with E-state index >= 15 is 0 Å². The molecule has 20 heavy (non-hydrogen) atoms. The molecule has 2 rings (SSSR count). The lowest BCUT2D eigenvalue weighted by atomic mass is 9.91. The van der Waals surface area contributed by atoms with Gasteiger partial charge >= 0.3 is 0 Å². The van der Waals surface area contributed by atoms with Gasteiger partial charge in [-0.15, -0.1) is 0 Å². The molecule has 0 bridgehead atoms. The number of methoxy groups -OCH3 is 1. The van der Waals surface area contributed by atoms with Crippen LogP contribution in [-0.4, -0.2) is 18.3 Å². The molecule has 0 heterocycles. The summed E-state index contributed by atoms with van der Waals surface area (Å²) in [4.78, 5) is 0. The Morgan fingerprint density at radius 3 is 2.60 bits per heavy atom. The third kappa shape index (κ3) is 4.68. The molecular formula is C17H25ClO2. The lowest BCUT2D eigenvalue weighted by molar-refractivity contribution is 0.137. The van der Waals surface area contributed by atoms with E-state index in [2.05, 4.69) is 0 Å². The number of benzene rings is 1. The van der Waals surface area contributed by atoms with Gasteiger partial charge in [-0.3, -0.25) is 0 Å². The van der Waals surface area contributed by atoms with Crippen molar-refractivity contribution in [1.29, 1.82) is 0 Å². The maximum atomic E-state index is 10.4. The summed E-state index contributed by atoms with van der Waals surface area (Å²) in [6.45, 7) is 0. The summed E-state index contributed by atoms with van der Waals surface area (Å²) in [6.07, 6.45) is 9.10. The first-order valence-corrected chi connectivity index (χ1v) is 8.07. The van der Waals surface area contributed by atoms with Crippen LogP contribution in [-0.2, 0) is 6.42 Å². The number of aliphatic hydroxyl groups excluding tert-OH is 1. The second kappa shape index (κ2) is 7.90. The summed E-state index contributed by atoms with van der Waals surface area (Å²) in [5.74, 6) is 1.49. The van der Waals surface area contributed by atoms with Crippen molar-refractivity contribution in [1.82, 2.24) is 0 Å². The minimum atomic E-state index is -0.300.